The van der Waals surface area contributed by atoms with Crippen molar-refractivity contribution in [1.82, 2.24) is 0 Å². The van der Waals surface area contributed by atoms with Crippen molar-refractivity contribution < 1.29 is 13.3 Å². The summed E-state index contributed by atoms with van der Waals surface area (Å²) in [6.07, 6.45) is 0. The smallest absolute Gasteiger partial charge is 0.369 e. The molecule has 1 heterocycles. The molecule has 0 spiro atoms. The molecule has 0 bridgehead atoms. The van der Waals surface area contributed by atoms with E-state index in [0.29, 0.717) is 19.8 Å². The van der Waals surface area contributed by atoms with E-state index < -0.39 is 8.80 Å². The lowest BCUT2D eigenvalue weighted by Gasteiger charge is -2.27. The highest BCUT2D eigenvalue weighted by molar-refractivity contribution is 8.18. The average Bonchev–Trinajstić information content (AvgIpc) is 2.72. The molecule has 0 saturated heterocycles. The van der Waals surface area contributed by atoms with E-state index in [9.17, 15) is 0 Å². The summed E-state index contributed by atoms with van der Waals surface area (Å²) in [7, 11) is -2.65. The second kappa shape index (κ2) is 6.65. The maximum atomic E-state index is 5.74. The first-order valence-electron chi connectivity index (χ1n) is 5.38. The van der Waals surface area contributed by atoms with Crippen LogP contribution in [-0.2, 0) is 13.3 Å². The standard InChI is InChI=1S/C9H19NO3SSi/c1-4-11-15(12-5-2,13-6-3)9-10-7-8-14-9/h4-8H2,1-3H3. The molecular weight excluding hydrogens is 230 g/mol. The Bertz CT molecular complexity index is 208. The number of rotatable bonds is 7. The highest BCUT2D eigenvalue weighted by Crippen LogP contribution is 2.24. The number of thioether (sulfide) groups is 1. The van der Waals surface area contributed by atoms with Crippen molar-refractivity contribution in [2.75, 3.05) is 32.1 Å². The Kier molecular flexibility index (Phi) is 5.84. The summed E-state index contributed by atoms with van der Waals surface area (Å²) in [5.41, 5.74) is 0. The molecule has 0 amide bonds. The van der Waals surface area contributed by atoms with Gasteiger partial charge in [0.05, 0.1) is 0 Å². The van der Waals surface area contributed by atoms with Crippen LogP contribution in [0.1, 0.15) is 20.8 Å². The van der Waals surface area contributed by atoms with Crippen LogP contribution in [-0.4, -0.2) is 45.6 Å². The molecule has 4 nitrogen and oxygen atoms in total. The van der Waals surface area contributed by atoms with Crippen molar-refractivity contribution in [3.05, 3.63) is 0 Å². The summed E-state index contributed by atoms with van der Waals surface area (Å²) in [5.74, 6) is 1.01. The number of aliphatic imine (C=N–C) groups is 1. The minimum atomic E-state index is -2.65. The highest BCUT2D eigenvalue weighted by Gasteiger charge is 2.48. The fraction of sp³-hybridized carbons (Fsp3) is 0.889. The Morgan fingerprint density at radius 3 is 2.00 bits per heavy atom. The van der Waals surface area contributed by atoms with Gasteiger partial charge in [0.1, 0.15) is 4.67 Å². The van der Waals surface area contributed by atoms with Crippen LogP contribution in [0.5, 0.6) is 0 Å². The van der Waals surface area contributed by atoms with Gasteiger partial charge in [-0.15, -0.1) is 11.8 Å². The molecule has 0 unspecified atom stereocenters. The molecular formula is C9H19NO3SSi. The third-order valence-electron chi connectivity index (χ3n) is 1.85. The summed E-state index contributed by atoms with van der Waals surface area (Å²) >= 11 is 1.71. The van der Waals surface area contributed by atoms with Gasteiger partial charge in [0, 0.05) is 32.1 Å². The Labute approximate surface area is 96.8 Å². The molecule has 0 aliphatic carbocycles. The average molecular weight is 249 g/mol. The van der Waals surface area contributed by atoms with E-state index in [-0.39, 0.29) is 0 Å². The molecule has 0 fully saturated rings. The predicted octanol–water partition coefficient (Wildman–Crippen LogP) is 1.72. The largest absolute Gasteiger partial charge is 0.562 e. The minimum absolute atomic E-state index is 0.603. The fourth-order valence-corrected chi connectivity index (χ4v) is 5.57. The van der Waals surface area contributed by atoms with Crippen molar-refractivity contribution in [2.45, 2.75) is 20.8 Å². The number of hydrogen-bond donors (Lipinski definition) is 0. The van der Waals surface area contributed by atoms with Gasteiger partial charge < -0.3 is 13.3 Å². The molecule has 88 valence electrons. The predicted molar refractivity (Wildman–Crippen MR) is 65.4 cm³/mol. The molecule has 6 heteroatoms. The summed E-state index contributed by atoms with van der Waals surface area (Å²) in [6, 6.07) is 0. The van der Waals surface area contributed by atoms with Crippen LogP contribution in [0.25, 0.3) is 0 Å². The van der Waals surface area contributed by atoms with Gasteiger partial charge in [-0.1, -0.05) is 0 Å². The van der Waals surface area contributed by atoms with Crippen molar-refractivity contribution in [3.8, 4) is 0 Å². The van der Waals surface area contributed by atoms with E-state index in [4.69, 9.17) is 13.3 Å². The lowest BCUT2D eigenvalue weighted by atomic mass is 10.8. The van der Waals surface area contributed by atoms with Gasteiger partial charge in [0.15, 0.2) is 0 Å². The van der Waals surface area contributed by atoms with Crippen molar-refractivity contribution in [3.63, 3.8) is 0 Å². The summed E-state index contributed by atoms with van der Waals surface area (Å²) in [6.45, 7) is 8.53. The van der Waals surface area contributed by atoms with Gasteiger partial charge in [0.2, 0.25) is 0 Å². The molecule has 0 saturated carbocycles. The van der Waals surface area contributed by atoms with Crippen LogP contribution in [0.3, 0.4) is 0 Å². The first kappa shape index (κ1) is 13.2. The van der Waals surface area contributed by atoms with E-state index in [1.54, 1.807) is 11.8 Å². The maximum Gasteiger partial charge on any atom is 0.562 e. The van der Waals surface area contributed by atoms with Gasteiger partial charge in [-0.25, -0.2) is 0 Å². The monoisotopic (exact) mass is 249 g/mol. The Morgan fingerprint density at radius 1 is 1.13 bits per heavy atom. The highest BCUT2D eigenvalue weighted by atomic mass is 32.2. The van der Waals surface area contributed by atoms with Gasteiger partial charge in [0.25, 0.3) is 0 Å². The molecule has 0 aromatic carbocycles. The SMILES string of the molecule is CCO[Si](OCC)(OCC)C1=NCCS1. The van der Waals surface area contributed by atoms with Gasteiger partial charge in [-0.3, -0.25) is 4.99 Å². The number of hydrogen-bond acceptors (Lipinski definition) is 5. The molecule has 0 atom stereocenters. The lowest BCUT2D eigenvalue weighted by Crippen LogP contribution is -2.52. The first-order chi connectivity index (χ1) is 7.29. The van der Waals surface area contributed by atoms with Crippen LogP contribution in [0.15, 0.2) is 4.99 Å². The molecule has 15 heavy (non-hydrogen) atoms. The third-order valence-corrected chi connectivity index (χ3v) is 6.51. The van der Waals surface area contributed by atoms with Crippen molar-refractivity contribution >= 4 is 25.2 Å². The van der Waals surface area contributed by atoms with Gasteiger partial charge in [-0.05, 0) is 20.8 Å². The quantitative estimate of drug-likeness (QED) is 0.644. The second-order valence-corrected chi connectivity index (χ2v) is 6.79. The van der Waals surface area contributed by atoms with Gasteiger partial charge in [-0.2, -0.15) is 0 Å². The van der Waals surface area contributed by atoms with E-state index in [2.05, 4.69) is 4.99 Å². The van der Waals surface area contributed by atoms with E-state index in [1.165, 1.54) is 0 Å². The minimum Gasteiger partial charge on any atom is -0.369 e. The van der Waals surface area contributed by atoms with E-state index in [0.717, 1.165) is 17.0 Å². The molecule has 0 aromatic heterocycles. The maximum absolute atomic E-state index is 5.74. The van der Waals surface area contributed by atoms with Gasteiger partial charge >= 0.3 is 8.80 Å². The van der Waals surface area contributed by atoms with Crippen LogP contribution in [0, 0.1) is 0 Å². The molecule has 1 rings (SSSR count). The third kappa shape index (κ3) is 3.29. The zero-order valence-corrected chi connectivity index (χ0v) is 11.4. The summed E-state index contributed by atoms with van der Waals surface area (Å²) in [4.78, 5) is 4.43. The lowest BCUT2D eigenvalue weighted by molar-refractivity contribution is 0.0908. The van der Waals surface area contributed by atoms with Crippen LogP contribution in [0.2, 0.25) is 0 Å². The second-order valence-electron chi connectivity index (χ2n) is 2.89. The Hall–Kier alpha value is 0.117. The normalized spacial score (nSPS) is 16.9. The van der Waals surface area contributed by atoms with Crippen LogP contribution < -0.4 is 0 Å². The van der Waals surface area contributed by atoms with Crippen molar-refractivity contribution in [2.24, 2.45) is 4.99 Å². The molecule has 1 aliphatic rings. The number of nitrogens with zero attached hydrogens (tertiary/aromatic N) is 1. The zero-order valence-electron chi connectivity index (χ0n) is 9.62. The Balaban J connectivity index is 2.78. The Morgan fingerprint density at radius 2 is 1.67 bits per heavy atom. The van der Waals surface area contributed by atoms with Crippen LogP contribution in [0.4, 0.5) is 0 Å². The van der Waals surface area contributed by atoms with E-state index >= 15 is 0 Å². The summed E-state index contributed by atoms with van der Waals surface area (Å²) in [5, 5.41) is 0. The van der Waals surface area contributed by atoms with E-state index in [1.807, 2.05) is 20.8 Å². The molecule has 1 aliphatic heterocycles. The zero-order chi connectivity index (χ0) is 11.1. The summed E-state index contributed by atoms with van der Waals surface area (Å²) < 4.78 is 18.2. The fourth-order valence-electron chi connectivity index (χ4n) is 1.40. The molecule has 0 radical (unpaired) electrons. The van der Waals surface area contributed by atoms with Crippen molar-refractivity contribution in [1.29, 1.82) is 0 Å². The van der Waals surface area contributed by atoms with Crippen LogP contribution >= 0.6 is 11.8 Å². The first-order valence-corrected chi connectivity index (χ1v) is 8.09. The molecule has 0 aromatic rings. The molecule has 0 N–H and O–H groups in total. The topological polar surface area (TPSA) is 40.0 Å².